The molecule has 1 saturated carbocycles. The number of hydrogen-bond donors (Lipinski definition) is 0. The van der Waals surface area contributed by atoms with Gasteiger partial charge in [-0.2, -0.15) is 0 Å². The summed E-state index contributed by atoms with van der Waals surface area (Å²) in [5.41, 5.74) is 1.26. The maximum Gasteiger partial charge on any atom is 0.127 e. The summed E-state index contributed by atoms with van der Waals surface area (Å²) in [4.78, 5) is 0. The van der Waals surface area contributed by atoms with Crippen molar-refractivity contribution in [2.45, 2.75) is 44.6 Å². The van der Waals surface area contributed by atoms with Crippen LogP contribution >= 0.6 is 0 Å². The molecule has 0 spiro atoms. The van der Waals surface area contributed by atoms with Gasteiger partial charge < -0.3 is 9.47 Å². The molecule has 0 unspecified atom stereocenters. The summed E-state index contributed by atoms with van der Waals surface area (Å²) >= 11 is 0. The van der Waals surface area contributed by atoms with Crippen molar-refractivity contribution in [2.75, 3.05) is 7.11 Å². The van der Waals surface area contributed by atoms with E-state index in [0.29, 0.717) is 11.8 Å². The Labute approximate surface area is 103 Å². The van der Waals surface area contributed by atoms with E-state index in [1.165, 1.54) is 24.8 Å². The highest BCUT2D eigenvalue weighted by Crippen LogP contribution is 2.55. The van der Waals surface area contributed by atoms with Crippen LogP contribution in [0, 0.1) is 5.92 Å². The molecule has 0 saturated heterocycles. The minimum atomic E-state index is -0.0411. The Morgan fingerprint density at radius 2 is 2.12 bits per heavy atom. The van der Waals surface area contributed by atoms with Gasteiger partial charge in [0.2, 0.25) is 0 Å². The van der Waals surface area contributed by atoms with E-state index in [4.69, 9.17) is 9.47 Å². The van der Waals surface area contributed by atoms with Crippen LogP contribution in [0.4, 0.5) is 0 Å². The first-order chi connectivity index (χ1) is 8.13. The van der Waals surface area contributed by atoms with Gasteiger partial charge in [-0.15, -0.1) is 0 Å². The second-order valence-electron chi connectivity index (χ2n) is 5.72. The van der Waals surface area contributed by atoms with Gasteiger partial charge in [0.15, 0.2) is 0 Å². The fraction of sp³-hybridized carbons (Fsp3) is 0.600. The molecule has 2 aliphatic rings. The summed E-state index contributed by atoms with van der Waals surface area (Å²) in [6, 6.07) is 6.15. The van der Waals surface area contributed by atoms with Crippen molar-refractivity contribution in [2.24, 2.45) is 5.92 Å². The van der Waals surface area contributed by atoms with E-state index in [-0.39, 0.29) is 5.60 Å². The number of fused-ring (bicyclic) bond motifs is 3. The average molecular weight is 232 g/mol. The fourth-order valence-corrected chi connectivity index (χ4v) is 3.65. The Kier molecular flexibility index (Phi) is 2.35. The predicted molar refractivity (Wildman–Crippen MR) is 67.8 cm³/mol. The second-order valence-corrected chi connectivity index (χ2v) is 5.72. The second kappa shape index (κ2) is 3.66. The number of hydrogen-bond acceptors (Lipinski definition) is 2. The van der Waals surface area contributed by atoms with E-state index in [0.717, 1.165) is 11.5 Å². The summed E-state index contributed by atoms with van der Waals surface area (Å²) in [5, 5.41) is 0. The van der Waals surface area contributed by atoms with E-state index in [2.05, 4.69) is 26.0 Å². The lowest BCUT2D eigenvalue weighted by atomic mass is 9.76. The molecule has 0 amide bonds. The standard InChI is InChI=1S/C15H20O2/c1-15(2)11-7-4-6-10(11)14-12(16-3)8-5-9-13(14)17-15/h5,8-11H,4,6-7H2,1-3H3/t10-,11+/m1/s1. The Morgan fingerprint density at radius 3 is 2.88 bits per heavy atom. The first-order valence-corrected chi connectivity index (χ1v) is 6.49. The molecule has 1 fully saturated rings. The van der Waals surface area contributed by atoms with Crippen molar-refractivity contribution in [3.05, 3.63) is 23.8 Å². The van der Waals surface area contributed by atoms with E-state index in [9.17, 15) is 0 Å². The van der Waals surface area contributed by atoms with Crippen LogP contribution in [0.25, 0.3) is 0 Å². The summed E-state index contributed by atoms with van der Waals surface area (Å²) in [6.45, 7) is 4.44. The highest BCUT2D eigenvalue weighted by atomic mass is 16.5. The lowest BCUT2D eigenvalue weighted by Crippen LogP contribution is -2.42. The summed E-state index contributed by atoms with van der Waals surface area (Å²) < 4.78 is 11.7. The fourth-order valence-electron chi connectivity index (χ4n) is 3.65. The smallest absolute Gasteiger partial charge is 0.127 e. The van der Waals surface area contributed by atoms with Crippen LogP contribution in [0.15, 0.2) is 18.2 Å². The number of methoxy groups -OCH3 is 1. The van der Waals surface area contributed by atoms with Crippen LogP contribution in [-0.2, 0) is 0 Å². The van der Waals surface area contributed by atoms with Crippen molar-refractivity contribution in [3.63, 3.8) is 0 Å². The average Bonchev–Trinajstić information content (AvgIpc) is 2.77. The van der Waals surface area contributed by atoms with Gasteiger partial charge in [-0.1, -0.05) is 12.5 Å². The number of rotatable bonds is 1. The van der Waals surface area contributed by atoms with Gasteiger partial charge >= 0.3 is 0 Å². The molecule has 2 atom stereocenters. The third-order valence-electron chi connectivity index (χ3n) is 4.40. The molecule has 92 valence electrons. The lowest BCUT2D eigenvalue weighted by molar-refractivity contribution is 0.0192. The molecule has 3 rings (SSSR count). The van der Waals surface area contributed by atoms with Crippen LogP contribution in [0.1, 0.15) is 44.6 Å². The minimum Gasteiger partial charge on any atom is -0.496 e. The van der Waals surface area contributed by atoms with Gasteiger partial charge in [-0.3, -0.25) is 0 Å². The number of ether oxygens (including phenoxy) is 2. The Morgan fingerprint density at radius 1 is 1.29 bits per heavy atom. The molecule has 0 aromatic heterocycles. The van der Waals surface area contributed by atoms with Crippen LogP contribution in [0.5, 0.6) is 11.5 Å². The number of benzene rings is 1. The van der Waals surface area contributed by atoms with Crippen molar-refractivity contribution in [3.8, 4) is 11.5 Å². The molecule has 2 nitrogen and oxygen atoms in total. The summed E-state index contributed by atoms with van der Waals surface area (Å²) in [6.07, 6.45) is 3.85. The van der Waals surface area contributed by atoms with E-state index in [1.54, 1.807) is 7.11 Å². The van der Waals surface area contributed by atoms with Crippen molar-refractivity contribution < 1.29 is 9.47 Å². The van der Waals surface area contributed by atoms with Gasteiger partial charge in [0.05, 0.1) is 7.11 Å². The Hall–Kier alpha value is -1.18. The molecule has 2 heteroatoms. The Bertz CT molecular complexity index is 437. The molecule has 1 aliphatic carbocycles. The first-order valence-electron chi connectivity index (χ1n) is 6.49. The zero-order valence-corrected chi connectivity index (χ0v) is 10.8. The maximum absolute atomic E-state index is 6.20. The molecule has 0 N–H and O–H groups in total. The van der Waals surface area contributed by atoms with Crippen LogP contribution in [0.3, 0.4) is 0 Å². The molecule has 1 aliphatic heterocycles. The molecular weight excluding hydrogens is 212 g/mol. The topological polar surface area (TPSA) is 18.5 Å². The van der Waals surface area contributed by atoms with Crippen LogP contribution in [-0.4, -0.2) is 12.7 Å². The SMILES string of the molecule is COc1cccc2c1[C@@H]1CCC[C@@H]1C(C)(C)O2. The predicted octanol–water partition coefficient (Wildman–Crippen LogP) is 3.75. The molecular formula is C15H20O2. The zero-order chi connectivity index (χ0) is 12.0. The van der Waals surface area contributed by atoms with Gasteiger partial charge in [0.25, 0.3) is 0 Å². The van der Waals surface area contributed by atoms with Gasteiger partial charge in [-0.05, 0) is 44.7 Å². The largest absolute Gasteiger partial charge is 0.496 e. The highest BCUT2D eigenvalue weighted by Gasteiger charge is 2.47. The van der Waals surface area contributed by atoms with E-state index >= 15 is 0 Å². The lowest BCUT2D eigenvalue weighted by Gasteiger charge is -2.42. The molecule has 1 heterocycles. The van der Waals surface area contributed by atoms with Gasteiger partial charge in [0.1, 0.15) is 17.1 Å². The monoisotopic (exact) mass is 232 g/mol. The third kappa shape index (κ3) is 1.54. The zero-order valence-electron chi connectivity index (χ0n) is 10.8. The molecule has 17 heavy (non-hydrogen) atoms. The third-order valence-corrected chi connectivity index (χ3v) is 4.40. The van der Waals surface area contributed by atoms with E-state index < -0.39 is 0 Å². The molecule has 0 radical (unpaired) electrons. The maximum atomic E-state index is 6.20. The van der Waals surface area contributed by atoms with Crippen molar-refractivity contribution in [1.82, 2.24) is 0 Å². The summed E-state index contributed by atoms with van der Waals surface area (Å²) in [5.74, 6) is 3.27. The van der Waals surface area contributed by atoms with Gasteiger partial charge in [-0.25, -0.2) is 0 Å². The summed E-state index contributed by atoms with van der Waals surface area (Å²) in [7, 11) is 1.75. The molecule has 1 aromatic rings. The van der Waals surface area contributed by atoms with Crippen LogP contribution < -0.4 is 9.47 Å². The highest BCUT2D eigenvalue weighted by molar-refractivity contribution is 5.50. The quantitative estimate of drug-likeness (QED) is 0.734. The minimum absolute atomic E-state index is 0.0411. The van der Waals surface area contributed by atoms with Gasteiger partial charge in [0, 0.05) is 11.5 Å². The van der Waals surface area contributed by atoms with E-state index in [1.807, 2.05) is 6.07 Å². The normalized spacial score (nSPS) is 29.1. The Balaban J connectivity index is 2.14. The first kappa shape index (κ1) is 10.9. The van der Waals surface area contributed by atoms with Crippen LogP contribution in [0.2, 0.25) is 0 Å². The molecule has 0 bridgehead atoms. The van der Waals surface area contributed by atoms with Crippen molar-refractivity contribution in [1.29, 1.82) is 0 Å². The van der Waals surface area contributed by atoms with Crippen molar-refractivity contribution >= 4 is 0 Å². The molecule has 1 aromatic carbocycles.